The quantitative estimate of drug-likeness (QED) is 0.380. The summed E-state index contributed by atoms with van der Waals surface area (Å²) < 4.78 is 28.0. The number of nitrogens with one attached hydrogen (secondary N) is 1. The van der Waals surface area contributed by atoms with Crippen molar-refractivity contribution < 1.29 is 42.9 Å². The molecule has 0 bridgehead atoms. The molecule has 44 heavy (non-hydrogen) atoms. The maximum Gasteiger partial charge on any atom is 0.331 e. The van der Waals surface area contributed by atoms with Crippen LogP contribution in [0.1, 0.15) is 45.1 Å². The Labute approximate surface area is 259 Å². The Bertz CT molecular complexity index is 1140. The Hall–Kier alpha value is -3.54. The van der Waals surface area contributed by atoms with Crippen LogP contribution in [0.25, 0.3) is 0 Å². The van der Waals surface area contributed by atoms with E-state index in [9.17, 15) is 19.2 Å². The van der Waals surface area contributed by atoms with Crippen LogP contribution in [0.3, 0.4) is 0 Å². The summed E-state index contributed by atoms with van der Waals surface area (Å²) >= 11 is 0. The van der Waals surface area contributed by atoms with Crippen LogP contribution in [0.2, 0.25) is 0 Å². The van der Waals surface area contributed by atoms with E-state index in [1.807, 2.05) is 50.3 Å². The lowest BCUT2D eigenvalue weighted by Gasteiger charge is -2.25. The summed E-state index contributed by atoms with van der Waals surface area (Å²) in [5, 5.41) is 2.72. The third-order valence-electron chi connectivity index (χ3n) is 7.89. The number of esters is 2. The predicted molar refractivity (Wildman–Crippen MR) is 162 cm³/mol. The number of cyclic esters (lactones) is 2. The van der Waals surface area contributed by atoms with Gasteiger partial charge in [-0.05, 0) is 18.4 Å². The van der Waals surface area contributed by atoms with Gasteiger partial charge in [-0.15, -0.1) is 0 Å². The number of benzene rings is 1. The van der Waals surface area contributed by atoms with Crippen LogP contribution in [-0.4, -0.2) is 93.5 Å². The van der Waals surface area contributed by atoms with Crippen LogP contribution in [0.15, 0.2) is 54.6 Å². The summed E-state index contributed by atoms with van der Waals surface area (Å²) in [6.45, 7) is 4.40. The molecule has 2 aliphatic heterocycles. The summed E-state index contributed by atoms with van der Waals surface area (Å²) in [6.07, 6.45) is 7.49. The van der Waals surface area contributed by atoms with Gasteiger partial charge in [0.15, 0.2) is 6.04 Å². The molecule has 11 heteroatoms. The van der Waals surface area contributed by atoms with Crippen molar-refractivity contribution in [3.63, 3.8) is 0 Å². The molecule has 1 N–H and O–H groups in total. The molecule has 6 atom stereocenters. The standard InChI is InChI=1S/C33H46N2O9/c1-23-11-8-16-30(36)34-26(20-42-19-25-13-6-5-7-14-25)32(38)43-21-28(40-3)24(2)12-9-17-31(37)35-18-10-15-27(35)33(39)44-22-29(23)41-4/h5-9,11-14,23-24,26-29H,10,15-22H2,1-4H3,(H,34,36)/b11-8+,12-9+/t23-,24-,26+,27+,28-,29-/m1/s1. The molecule has 0 spiro atoms. The van der Waals surface area contributed by atoms with E-state index in [1.165, 1.54) is 14.2 Å². The Kier molecular flexibility index (Phi) is 14.5. The molecule has 2 heterocycles. The van der Waals surface area contributed by atoms with Crippen LogP contribution < -0.4 is 5.32 Å². The Morgan fingerprint density at radius 3 is 2.11 bits per heavy atom. The number of carbonyl (C=O) groups excluding carboxylic acids is 4. The largest absolute Gasteiger partial charge is 0.461 e. The topological polar surface area (TPSA) is 130 Å². The van der Waals surface area contributed by atoms with Gasteiger partial charge < -0.3 is 33.9 Å². The summed E-state index contributed by atoms with van der Waals surface area (Å²) in [5.74, 6) is -2.02. The minimum atomic E-state index is -1.03. The van der Waals surface area contributed by atoms with Gasteiger partial charge in [0.2, 0.25) is 11.8 Å². The monoisotopic (exact) mass is 614 g/mol. The van der Waals surface area contributed by atoms with Crippen molar-refractivity contribution in [2.75, 3.05) is 40.6 Å². The van der Waals surface area contributed by atoms with Crippen LogP contribution in [0.4, 0.5) is 0 Å². The van der Waals surface area contributed by atoms with E-state index in [-0.39, 0.29) is 62.9 Å². The number of ether oxygens (including phenoxy) is 5. The van der Waals surface area contributed by atoms with Crippen molar-refractivity contribution in [2.45, 2.75) is 70.4 Å². The third-order valence-corrected chi connectivity index (χ3v) is 7.89. The van der Waals surface area contributed by atoms with Gasteiger partial charge in [-0.3, -0.25) is 9.59 Å². The molecular weight excluding hydrogens is 568 g/mol. The average molecular weight is 615 g/mol. The molecule has 2 amide bonds. The van der Waals surface area contributed by atoms with E-state index in [0.717, 1.165) is 12.0 Å². The van der Waals surface area contributed by atoms with E-state index in [1.54, 1.807) is 23.1 Å². The second-order valence-corrected chi connectivity index (χ2v) is 11.2. The van der Waals surface area contributed by atoms with Crippen LogP contribution in [-0.2, 0) is 49.5 Å². The number of hydrogen-bond acceptors (Lipinski definition) is 9. The minimum Gasteiger partial charge on any atom is -0.461 e. The summed E-state index contributed by atoms with van der Waals surface area (Å²) in [7, 11) is 3.04. The van der Waals surface area contributed by atoms with Gasteiger partial charge in [0, 0.05) is 45.4 Å². The zero-order chi connectivity index (χ0) is 31.9. The maximum absolute atomic E-state index is 13.1. The van der Waals surface area contributed by atoms with E-state index < -0.39 is 36.2 Å². The maximum atomic E-state index is 13.1. The lowest BCUT2D eigenvalue weighted by molar-refractivity contribution is -0.156. The summed E-state index contributed by atoms with van der Waals surface area (Å²) in [6, 6.07) is 7.84. The van der Waals surface area contributed by atoms with Crippen LogP contribution in [0.5, 0.6) is 0 Å². The second kappa shape index (κ2) is 18.3. The number of hydrogen-bond donors (Lipinski definition) is 1. The lowest BCUT2D eigenvalue weighted by Crippen LogP contribution is -2.45. The van der Waals surface area contributed by atoms with Crippen molar-refractivity contribution in [1.29, 1.82) is 0 Å². The van der Waals surface area contributed by atoms with Gasteiger partial charge in [0.25, 0.3) is 0 Å². The fourth-order valence-corrected chi connectivity index (χ4v) is 5.13. The molecule has 1 aromatic carbocycles. The van der Waals surface area contributed by atoms with E-state index in [0.29, 0.717) is 13.0 Å². The van der Waals surface area contributed by atoms with Crippen molar-refractivity contribution in [1.82, 2.24) is 10.2 Å². The van der Waals surface area contributed by atoms with Gasteiger partial charge in [0.05, 0.1) is 25.4 Å². The molecule has 1 saturated heterocycles. The molecule has 0 saturated carbocycles. The molecule has 1 fully saturated rings. The first-order valence-corrected chi connectivity index (χ1v) is 15.2. The van der Waals surface area contributed by atoms with Crippen molar-refractivity contribution >= 4 is 23.8 Å². The molecule has 0 aliphatic carbocycles. The number of amides is 2. The molecule has 0 radical (unpaired) electrons. The van der Waals surface area contributed by atoms with Gasteiger partial charge in [0.1, 0.15) is 19.3 Å². The first kappa shape index (κ1) is 34.9. The summed E-state index contributed by atoms with van der Waals surface area (Å²) in [4.78, 5) is 53.4. The highest BCUT2D eigenvalue weighted by atomic mass is 16.6. The number of rotatable bonds is 6. The third kappa shape index (κ3) is 10.9. The summed E-state index contributed by atoms with van der Waals surface area (Å²) in [5.41, 5.74) is 0.930. The Morgan fingerprint density at radius 1 is 0.864 bits per heavy atom. The fraction of sp³-hybridized carbons (Fsp3) is 0.576. The highest BCUT2D eigenvalue weighted by Crippen LogP contribution is 2.21. The fourth-order valence-electron chi connectivity index (χ4n) is 5.13. The first-order valence-electron chi connectivity index (χ1n) is 15.2. The van der Waals surface area contributed by atoms with Gasteiger partial charge in [-0.2, -0.15) is 0 Å². The highest BCUT2D eigenvalue weighted by Gasteiger charge is 2.35. The normalized spacial score (nSPS) is 29.8. The second-order valence-electron chi connectivity index (χ2n) is 11.2. The van der Waals surface area contributed by atoms with E-state index in [4.69, 9.17) is 23.7 Å². The first-order chi connectivity index (χ1) is 21.2. The van der Waals surface area contributed by atoms with Crippen molar-refractivity contribution in [2.24, 2.45) is 11.8 Å². The molecule has 0 aromatic heterocycles. The predicted octanol–water partition coefficient (Wildman–Crippen LogP) is 2.97. The zero-order valence-electron chi connectivity index (χ0n) is 26.1. The SMILES string of the molecule is CO[C@@H]1COC(=O)[C@H](COCc2ccccc2)NC(=O)C/C=C/[C@@H](C)[C@H](OC)COC(=O)[C@@H]2CCCN2C(=O)C/C=C/[C@H]1C. The van der Waals surface area contributed by atoms with Crippen molar-refractivity contribution in [3.8, 4) is 0 Å². The van der Waals surface area contributed by atoms with Gasteiger partial charge in [-0.25, -0.2) is 9.59 Å². The minimum absolute atomic E-state index is 0.00466. The smallest absolute Gasteiger partial charge is 0.331 e. The zero-order valence-corrected chi connectivity index (χ0v) is 26.1. The van der Waals surface area contributed by atoms with Crippen LogP contribution >= 0.6 is 0 Å². The molecule has 3 rings (SSSR count). The molecular formula is C33H46N2O9. The highest BCUT2D eigenvalue weighted by molar-refractivity contribution is 5.86. The molecule has 11 nitrogen and oxygen atoms in total. The molecule has 242 valence electrons. The Morgan fingerprint density at radius 2 is 1.48 bits per heavy atom. The molecule has 0 unspecified atom stereocenters. The lowest BCUT2D eigenvalue weighted by atomic mass is 10.0. The van der Waals surface area contributed by atoms with Gasteiger partial charge in [-0.1, -0.05) is 68.5 Å². The number of nitrogens with zero attached hydrogens (tertiary/aromatic N) is 1. The molecule has 2 aliphatic rings. The van der Waals surface area contributed by atoms with E-state index in [2.05, 4.69) is 5.32 Å². The van der Waals surface area contributed by atoms with E-state index >= 15 is 0 Å². The molecule has 1 aromatic rings. The average Bonchev–Trinajstić information content (AvgIpc) is 3.51. The number of fused-ring (bicyclic) bond motifs is 1. The van der Waals surface area contributed by atoms with Gasteiger partial charge >= 0.3 is 11.9 Å². The Balaban J connectivity index is 1.75. The van der Waals surface area contributed by atoms with Crippen LogP contribution in [0, 0.1) is 11.8 Å². The van der Waals surface area contributed by atoms with Crippen molar-refractivity contribution in [3.05, 3.63) is 60.2 Å². The number of methoxy groups -OCH3 is 2. The number of carbonyl (C=O) groups is 4.